The molecule has 53 heavy (non-hydrogen) atoms. The van der Waals surface area contributed by atoms with Gasteiger partial charge in [0.05, 0.1) is 16.8 Å². The second-order valence-corrected chi connectivity index (χ2v) is 17.5. The number of phenols is 1. The highest BCUT2D eigenvalue weighted by atomic mass is 32.2. The van der Waals surface area contributed by atoms with Crippen LogP contribution in [0.4, 0.5) is 34.1 Å². The van der Waals surface area contributed by atoms with Gasteiger partial charge >= 0.3 is 0 Å². The summed E-state index contributed by atoms with van der Waals surface area (Å²) in [5, 5.41) is 24.1. The molecule has 0 atom stereocenters. The summed E-state index contributed by atoms with van der Waals surface area (Å²) in [4.78, 5) is -5.88. The zero-order valence-corrected chi connectivity index (χ0v) is 29.6. The van der Waals surface area contributed by atoms with Gasteiger partial charge in [0.1, 0.15) is 47.2 Å². The third kappa shape index (κ3) is 7.64. The van der Waals surface area contributed by atoms with Crippen LogP contribution in [0, 0.1) is 0 Å². The lowest BCUT2D eigenvalue weighted by Gasteiger charge is -2.14. The fraction of sp³-hybridized carbons (Fsp3) is 0. The van der Waals surface area contributed by atoms with Gasteiger partial charge in [-0.25, -0.2) is 0 Å². The van der Waals surface area contributed by atoms with Crippen molar-refractivity contribution in [2.75, 3.05) is 11.5 Å². The van der Waals surface area contributed by atoms with Gasteiger partial charge in [-0.2, -0.15) is 42.1 Å². The number of hydrogen-bond acceptors (Lipinski definition) is 17. The van der Waals surface area contributed by atoms with E-state index in [0.29, 0.717) is 23.6 Å². The van der Waals surface area contributed by atoms with E-state index in [1.165, 1.54) is 24.3 Å². The highest BCUT2D eigenvalue weighted by molar-refractivity contribution is 7.87. The molecule has 0 aromatic heterocycles. The molecule has 0 aliphatic rings. The summed E-state index contributed by atoms with van der Waals surface area (Å²) >= 11 is 0. The van der Waals surface area contributed by atoms with Crippen molar-refractivity contribution in [3.05, 3.63) is 60.7 Å². The normalized spacial score (nSPS) is 13.5. The third-order valence-electron chi connectivity index (χ3n) is 7.16. The molecule has 27 heteroatoms. The molecule has 10 N–H and O–H groups in total. The van der Waals surface area contributed by atoms with Crippen LogP contribution in [0.15, 0.2) is 106 Å². The molecule has 0 bridgehead atoms. The maximum absolute atomic E-state index is 12.5. The van der Waals surface area contributed by atoms with Crippen molar-refractivity contribution in [1.82, 2.24) is 0 Å². The zero-order chi connectivity index (χ0) is 39.6. The van der Waals surface area contributed by atoms with Gasteiger partial charge in [0, 0.05) is 10.8 Å². The lowest BCUT2D eigenvalue weighted by Crippen LogP contribution is -2.07. The van der Waals surface area contributed by atoms with Gasteiger partial charge < -0.3 is 16.6 Å². The van der Waals surface area contributed by atoms with Gasteiger partial charge in [-0.05, 0) is 35.7 Å². The first-order valence-corrected chi connectivity index (χ1v) is 20.7. The predicted molar refractivity (Wildman–Crippen MR) is 182 cm³/mol. The minimum absolute atomic E-state index is 0.0623. The number of fused-ring (bicyclic) bond motifs is 2. The Morgan fingerprint density at radius 1 is 0.491 bits per heavy atom. The Morgan fingerprint density at radius 3 is 1.60 bits per heavy atom. The van der Waals surface area contributed by atoms with E-state index in [4.69, 9.17) is 11.5 Å². The molecule has 0 fully saturated rings. The lowest BCUT2D eigenvalue weighted by atomic mass is 10.0. The van der Waals surface area contributed by atoms with Crippen LogP contribution in [0.3, 0.4) is 0 Å². The summed E-state index contributed by atoms with van der Waals surface area (Å²) in [5.41, 5.74) is 6.49. The molecular weight excluding hydrogens is 813 g/mol. The summed E-state index contributed by atoms with van der Waals surface area (Å²) in [6, 6.07) is 9.67. The fourth-order valence-electron chi connectivity index (χ4n) is 4.97. The SMILES string of the molecule is Nc1cc(N=Nc2cc(S(=O)(=O)O)c3cc(S(=O)(=O)O)c(N=Nc4ccc5ccccc5c4S(=O)(=O)O)c(O)c3c2N)c(S(=O)(=O)O)cc1S(=O)(=O)O. The van der Waals surface area contributed by atoms with Crippen LogP contribution < -0.4 is 11.5 Å². The Labute approximate surface area is 297 Å². The highest BCUT2D eigenvalue weighted by Crippen LogP contribution is 2.49. The van der Waals surface area contributed by atoms with E-state index < -0.39 is 126 Å². The van der Waals surface area contributed by atoms with E-state index in [9.17, 15) is 70.0 Å². The number of azo groups is 2. The first-order chi connectivity index (χ1) is 24.2. The summed E-state index contributed by atoms with van der Waals surface area (Å²) in [6.45, 7) is 0. The van der Waals surface area contributed by atoms with Crippen molar-refractivity contribution in [2.24, 2.45) is 20.5 Å². The van der Waals surface area contributed by atoms with Crippen molar-refractivity contribution < 1.29 is 70.0 Å². The average Bonchev–Trinajstić information content (AvgIpc) is 3.00. The first kappa shape index (κ1) is 39.0. The first-order valence-electron chi connectivity index (χ1n) is 13.5. The summed E-state index contributed by atoms with van der Waals surface area (Å²) in [6.07, 6.45) is 0. The molecule has 0 amide bonds. The largest absolute Gasteiger partial charge is 0.505 e. The lowest BCUT2D eigenvalue weighted by molar-refractivity contribution is 0.471. The molecule has 5 aromatic rings. The Kier molecular flexibility index (Phi) is 9.57. The number of nitrogen functional groups attached to an aromatic ring is 2. The smallest absolute Gasteiger partial charge is 0.297 e. The minimum Gasteiger partial charge on any atom is -0.505 e. The molecular formula is C26H20N6O16S5. The maximum Gasteiger partial charge on any atom is 0.297 e. The Hall–Kier alpha value is -5.23. The molecule has 0 radical (unpaired) electrons. The van der Waals surface area contributed by atoms with Crippen LogP contribution in [-0.4, -0.2) is 70.0 Å². The van der Waals surface area contributed by atoms with Crippen LogP contribution >= 0.6 is 0 Å². The fourth-order valence-corrected chi connectivity index (χ4v) is 8.48. The number of nitrogens with two attached hydrogens (primary N) is 2. The summed E-state index contributed by atoms with van der Waals surface area (Å²) in [5.74, 6) is -1.38. The van der Waals surface area contributed by atoms with Crippen molar-refractivity contribution in [3.63, 3.8) is 0 Å². The number of hydrogen-bond donors (Lipinski definition) is 8. The average molecular weight is 833 g/mol. The highest BCUT2D eigenvalue weighted by Gasteiger charge is 2.30. The van der Waals surface area contributed by atoms with E-state index in [-0.39, 0.29) is 11.5 Å². The summed E-state index contributed by atoms with van der Waals surface area (Å²) in [7, 11) is -26.5. The van der Waals surface area contributed by atoms with Crippen LogP contribution in [0.1, 0.15) is 0 Å². The van der Waals surface area contributed by atoms with Gasteiger partial charge in [0.2, 0.25) is 0 Å². The van der Waals surface area contributed by atoms with Crippen molar-refractivity contribution in [2.45, 2.75) is 24.5 Å². The van der Waals surface area contributed by atoms with Gasteiger partial charge in [-0.15, -0.1) is 20.5 Å². The third-order valence-corrected chi connectivity index (χ3v) is 11.7. The molecule has 280 valence electrons. The monoisotopic (exact) mass is 832 g/mol. The van der Waals surface area contributed by atoms with Crippen LogP contribution in [-0.2, 0) is 50.6 Å². The van der Waals surface area contributed by atoms with E-state index in [0.717, 1.165) is 6.07 Å². The Morgan fingerprint density at radius 2 is 1.04 bits per heavy atom. The van der Waals surface area contributed by atoms with Crippen molar-refractivity contribution >= 4 is 106 Å². The zero-order valence-electron chi connectivity index (χ0n) is 25.5. The maximum atomic E-state index is 12.5. The minimum atomic E-state index is -5.49. The number of nitrogens with zero attached hydrogens (tertiary/aromatic N) is 4. The van der Waals surface area contributed by atoms with Gasteiger partial charge in [-0.1, -0.05) is 30.3 Å². The van der Waals surface area contributed by atoms with E-state index in [2.05, 4.69) is 20.5 Å². The summed E-state index contributed by atoms with van der Waals surface area (Å²) < 4.78 is 171. The topological polar surface area (TPSA) is 394 Å². The van der Waals surface area contributed by atoms with Crippen molar-refractivity contribution in [3.8, 4) is 5.75 Å². The van der Waals surface area contributed by atoms with Crippen LogP contribution in [0.25, 0.3) is 21.5 Å². The molecule has 0 saturated carbocycles. The van der Waals surface area contributed by atoms with Crippen molar-refractivity contribution in [1.29, 1.82) is 0 Å². The number of phenolic OH excluding ortho intramolecular Hbond substituents is 1. The Balaban J connectivity index is 1.84. The van der Waals surface area contributed by atoms with E-state index in [1.807, 2.05) is 0 Å². The standard InChI is InChI=1S/C26H20N6O16S5/c27-14-8-16(20(51(40,41)42)10-19(14)50(37,38)39)30-31-17-9-18(49(34,35)36)13-7-21(52(43,44)45)24(25(33)22(13)23(17)28)32-29-15-6-5-11-3-1-2-4-12(11)26(15)53(46,47)48/h1-10,33H,27-28H2,(H,34,35,36)(H,37,38,39)(H,40,41,42)(H,43,44,45)(H,46,47,48). The molecule has 0 unspecified atom stereocenters. The van der Waals surface area contributed by atoms with Crippen LogP contribution in [0.2, 0.25) is 0 Å². The molecule has 0 saturated heterocycles. The molecule has 0 spiro atoms. The molecule has 5 aromatic carbocycles. The molecule has 22 nitrogen and oxygen atoms in total. The number of rotatable bonds is 9. The quantitative estimate of drug-likeness (QED) is 0.0592. The van der Waals surface area contributed by atoms with E-state index in [1.54, 1.807) is 6.07 Å². The molecule has 5 rings (SSSR count). The van der Waals surface area contributed by atoms with Gasteiger partial charge in [0.25, 0.3) is 50.6 Å². The number of anilines is 2. The van der Waals surface area contributed by atoms with Gasteiger partial charge in [-0.3, -0.25) is 22.8 Å². The predicted octanol–water partition coefficient (Wildman–Crippen LogP) is 3.93. The molecule has 0 aliphatic carbocycles. The second-order valence-electron chi connectivity index (χ2n) is 10.6. The van der Waals surface area contributed by atoms with Crippen LogP contribution in [0.5, 0.6) is 5.75 Å². The second kappa shape index (κ2) is 13.0. The number of aromatic hydroxyl groups is 1. The van der Waals surface area contributed by atoms with E-state index >= 15 is 0 Å². The molecule has 0 aliphatic heterocycles. The molecule has 0 heterocycles. The Bertz CT molecular complexity index is 3060. The van der Waals surface area contributed by atoms with Gasteiger partial charge in [0.15, 0.2) is 5.75 Å². The number of benzene rings is 5.